The maximum absolute atomic E-state index is 12.2. The van der Waals surface area contributed by atoms with Gasteiger partial charge in [-0.1, -0.05) is 12.1 Å². The second-order valence-corrected chi connectivity index (χ2v) is 9.83. The van der Waals surface area contributed by atoms with E-state index in [1.54, 1.807) is 23.2 Å². The first-order chi connectivity index (χ1) is 16.4. The molecule has 5 rings (SSSR count). The van der Waals surface area contributed by atoms with E-state index in [1.165, 1.54) is 11.2 Å². The molecule has 178 valence electrons. The van der Waals surface area contributed by atoms with Crippen molar-refractivity contribution in [1.29, 1.82) is 0 Å². The number of thiol groups is 1. The first-order valence-electron chi connectivity index (χ1n) is 11.5. The zero-order valence-corrected chi connectivity index (χ0v) is 19.8. The summed E-state index contributed by atoms with van der Waals surface area (Å²) >= 11 is 0. The highest BCUT2D eigenvalue weighted by molar-refractivity contribution is 7.74. The highest BCUT2D eigenvalue weighted by Gasteiger charge is 2.30. The molecule has 10 heteroatoms. The molecule has 1 saturated heterocycles. The predicted molar refractivity (Wildman–Crippen MR) is 131 cm³/mol. The highest BCUT2D eigenvalue weighted by Crippen LogP contribution is 2.34. The van der Waals surface area contributed by atoms with Crippen LogP contribution in [0.4, 0.5) is 11.5 Å². The Hall–Kier alpha value is -3.40. The molecule has 0 bridgehead atoms. The van der Waals surface area contributed by atoms with Crippen molar-refractivity contribution in [3.63, 3.8) is 0 Å². The van der Waals surface area contributed by atoms with Crippen LogP contribution in [0, 0.1) is 5.92 Å². The number of hydrogen-bond acceptors (Lipinski definition) is 5. The normalized spacial score (nSPS) is 16.7. The molecule has 3 aromatic rings. The van der Waals surface area contributed by atoms with Crippen LogP contribution in [0.2, 0.25) is 0 Å². The lowest BCUT2D eigenvalue weighted by atomic mass is 10.0. The first-order valence-corrected chi connectivity index (χ1v) is 12.6. The Morgan fingerprint density at radius 2 is 1.79 bits per heavy atom. The average Bonchev–Trinajstić information content (AvgIpc) is 3.57. The van der Waals surface area contributed by atoms with Gasteiger partial charge in [-0.15, -0.1) is 0 Å². The molecule has 2 fully saturated rings. The third-order valence-corrected chi connectivity index (χ3v) is 7.51. The number of benzene rings is 1. The fourth-order valence-corrected chi connectivity index (χ4v) is 5.39. The van der Waals surface area contributed by atoms with Crippen molar-refractivity contribution in [2.24, 2.45) is 5.92 Å². The molecule has 0 unspecified atom stereocenters. The number of aromatic amines is 1. The molecule has 34 heavy (non-hydrogen) atoms. The van der Waals surface area contributed by atoms with E-state index in [0.717, 1.165) is 29.4 Å². The number of H-pyrrole nitrogens is 1. The van der Waals surface area contributed by atoms with Crippen LogP contribution in [0.15, 0.2) is 42.6 Å². The summed E-state index contributed by atoms with van der Waals surface area (Å²) in [6.45, 7) is 2.64. The molecule has 2 N–H and O–H groups in total. The predicted octanol–water partition coefficient (Wildman–Crippen LogP) is 2.92. The summed E-state index contributed by atoms with van der Waals surface area (Å²) in [6, 6.07) is 11.0. The van der Waals surface area contributed by atoms with Gasteiger partial charge in [0.2, 0.25) is 22.7 Å². The largest absolute Gasteiger partial charge is 0.346 e. The number of pyridine rings is 1. The Bertz CT molecular complexity index is 1300. The Morgan fingerprint density at radius 3 is 2.41 bits per heavy atom. The third kappa shape index (κ3) is 4.50. The van der Waals surface area contributed by atoms with E-state index >= 15 is 0 Å². The van der Waals surface area contributed by atoms with Gasteiger partial charge in [0.05, 0.1) is 5.69 Å². The van der Waals surface area contributed by atoms with E-state index < -0.39 is 10.9 Å². The van der Waals surface area contributed by atoms with Gasteiger partial charge in [0.25, 0.3) is 0 Å². The summed E-state index contributed by atoms with van der Waals surface area (Å²) in [4.78, 5) is 33.2. The lowest BCUT2D eigenvalue weighted by Crippen LogP contribution is -2.45. The third-order valence-electron chi connectivity index (χ3n) is 6.60. The maximum atomic E-state index is 12.2. The van der Waals surface area contributed by atoms with Gasteiger partial charge in [-0.2, -0.15) is 0 Å². The zero-order chi connectivity index (χ0) is 23.8. The van der Waals surface area contributed by atoms with Crippen molar-refractivity contribution in [2.75, 3.05) is 22.7 Å². The van der Waals surface area contributed by atoms with Crippen LogP contribution >= 0.6 is 0 Å². The number of aromatic nitrogens is 2. The summed E-state index contributed by atoms with van der Waals surface area (Å²) in [5.74, 6) is 0.575. The Labute approximate surface area is 199 Å². The van der Waals surface area contributed by atoms with Crippen LogP contribution in [0.3, 0.4) is 0 Å². The fraction of sp³-hybridized carbons (Fsp3) is 0.375. The lowest BCUT2D eigenvalue weighted by Gasteiger charge is -2.36. The molecule has 1 aliphatic heterocycles. The van der Waals surface area contributed by atoms with E-state index in [9.17, 15) is 18.0 Å². The van der Waals surface area contributed by atoms with Crippen molar-refractivity contribution >= 4 is 45.2 Å². The highest BCUT2D eigenvalue weighted by atomic mass is 32.2. The monoisotopic (exact) mass is 481 g/mol. The number of nitrogens with one attached hydrogen (secondary N) is 2. The van der Waals surface area contributed by atoms with Gasteiger partial charge in [0.1, 0.15) is 11.5 Å². The van der Waals surface area contributed by atoms with Gasteiger partial charge in [0, 0.05) is 43.6 Å². The molecule has 1 aromatic carbocycles. The summed E-state index contributed by atoms with van der Waals surface area (Å²) in [6.07, 6.45) is 4.83. The summed E-state index contributed by atoms with van der Waals surface area (Å²) < 4.78 is 25.7. The van der Waals surface area contributed by atoms with Crippen LogP contribution in [-0.4, -0.2) is 54.2 Å². The number of amides is 2. The molecular weight excluding hydrogens is 454 g/mol. The quantitative estimate of drug-likeness (QED) is 0.468. The van der Waals surface area contributed by atoms with Gasteiger partial charge in [-0.05, 0) is 61.1 Å². The number of piperidine rings is 1. The van der Waals surface area contributed by atoms with E-state index in [0.29, 0.717) is 43.1 Å². The number of likely N-dealkylation sites (tertiary alicyclic amines) is 1. The molecule has 2 amide bonds. The van der Waals surface area contributed by atoms with Crippen molar-refractivity contribution in [3.05, 3.63) is 42.6 Å². The minimum absolute atomic E-state index is 0.00888. The summed E-state index contributed by atoms with van der Waals surface area (Å²) in [7, 11) is -2.83. The maximum Gasteiger partial charge on any atom is 0.228 e. The molecular formula is C24H27N5O4S. The Kier molecular flexibility index (Phi) is 5.99. The fourth-order valence-electron chi connectivity index (χ4n) is 4.57. The molecule has 2 aliphatic rings. The van der Waals surface area contributed by atoms with Crippen LogP contribution < -0.4 is 9.62 Å². The smallest absolute Gasteiger partial charge is 0.228 e. The van der Waals surface area contributed by atoms with Gasteiger partial charge in [-0.3, -0.25) is 13.9 Å². The van der Waals surface area contributed by atoms with Crippen LogP contribution in [-0.2, 0) is 20.5 Å². The number of anilines is 2. The zero-order valence-electron chi connectivity index (χ0n) is 18.9. The Morgan fingerprint density at radius 1 is 1.09 bits per heavy atom. The standard InChI is InChI=1S/C24H27N5O4S/c1-15(30)28-12-9-19(10-13-28)29(34(32)33)18-6-4-16(5-7-18)21-14-22(27-24(31)17-2-3-17)26-23-20(21)8-11-25-23/h4-8,11,14,17,19,34H,2-3,9-10,12-13H2,1H3,(H2,25,26,27,31). The molecule has 0 spiro atoms. The Balaban J connectivity index is 1.41. The molecule has 2 aromatic heterocycles. The van der Waals surface area contributed by atoms with E-state index in [-0.39, 0.29) is 23.8 Å². The minimum Gasteiger partial charge on any atom is -0.346 e. The SMILES string of the molecule is CC(=O)N1CCC(N(c2ccc(-c3cc(NC(=O)C4CC4)nc4[nH]ccc34)cc2)[SH](=O)=O)CC1. The number of carbonyl (C=O) groups excluding carboxylic acids is 2. The van der Waals surface area contributed by atoms with Crippen molar-refractivity contribution in [2.45, 2.75) is 38.6 Å². The molecule has 9 nitrogen and oxygen atoms in total. The molecule has 0 radical (unpaired) electrons. The van der Waals surface area contributed by atoms with Crippen LogP contribution in [0.25, 0.3) is 22.2 Å². The molecule has 0 atom stereocenters. The number of carbonyl (C=O) groups is 2. The number of fused-ring (bicyclic) bond motifs is 1. The van der Waals surface area contributed by atoms with E-state index in [2.05, 4.69) is 15.3 Å². The first kappa shape index (κ1) is 22.4. The summed E-state index contributed by atoms with van der Waals surface area (Å²) in [5.41, 5.74) is 3.07. The van der Waals surface area contributed by atoms with Gasteiger partial charge in [-0.25, -0.2) is 13.4 Å². The van der Waals surface area contributed by atoms with Crippen LogP contribution in [0.1, 0.15) is 32.6 Å². The number of rotatable bonds is 6. The van der Waals surface area contributed by atoms with Crippen molar-refractivity contribution < 1.29 is 18.0 Å². The number of hydrogen-bond donors (Lipinski definition) is 3. The molecule has 3 heterocycles. The van der Waals surface area contributed by atoms with E-state index in [4.69, 9.17) is 0 Å². The minimum atomic E-state index is -2.83. The van der Waals surface area contributed by atoms with Crippen molar-refractivity contribution in [1.82, 2.24) is 14.9 Å². The average molecular weight is 482 g/mol. The van der Waals surface area contributed by atoms with E-state index in [1.807, 2.05) is 24.3 Å². The topological polar surface area (TPSA) is 115 Å². The van der Waals surface area contributed by atoms with Crippen LogP contribution in [0.5, 0.6) is 0 Å². The van der Waals surface area contributed by atoms with Gasteiger partial charge >= 0.3 is 0 Å². The molecule has 1 aliphatic carbocycles. The van der Waals surface area contributed by atoms with Gasteiger partial charge < -0.3 is 15.2 Å². The summed E-state index contributed by atoms with van der Waals surface area (Å²) in [5, 5.41) is 3.83. The second kappa shape index (κ2) is 9.09. The second-order valence-electron chi connectivity index (χ2n) is 8.93. The molecule has 1 saturated carbocycles. The number of nitrogens with zero attached hydrogens (tertiary/aromatic N) is 3. The van der Waals surface area contributed by atoms with Gasteiger partial charge in [0.15, 0.2) is 0 Å². The lowest BCUT2D eigenvalue weighted by molar-refractivity contribution is -0.129. The van der Waals surface area contributed by atoms with Crippen molar-refractivity contribution in [3.8, 4) is 11.1 Å².